The molecule has 110 valence electrons. The van der Waals surface area contributed by atoms with Gasteiger partial charge in [-0.05, 0) is 45.9 Å². The largest absolute Gasteiger partial charge is 0.463 e. The fourth-order valence-electron chi connectivity index (χ4n) is 2.24. The molecule has 4 rings (SSSR count). The van der Waals surface area contributed by atoms with Crippen molar-refractivity contribution in [3.8, 4) is 0 Å². The van der Waals surface area contributed by atoms with E-state index in [-0.39, 0.29) is 0 Å². The van der Waals surface area contributed by atoms with E-state index < -0.39 is 0 Å². The second-order valence-corrected chi connectivity index (χ2v) is 7.89. The molecule has 3 nitrogen and oxygen atoms in total. The van der Waals surface area contributed by atoms with Crippen molar-refractivity contribution in [3.63, 3.8) is 0 Å². The minimum Gasteiger partial charge on any atom is -0.463 e. The van der Waals surface area contributed by atoms with Crippen molar-refractivity contribution in [2.24, 2.45) is 0 Å². The molecule has 0 atom stereocenters. The van der Waals surface area contributed by atoms with Gasteiger partial charge in [-0.1, -0.05) is 29.0 Å². The molecular formula is C15H10N2OS4. The van der Waals surface area contributed by atoms with Gasteiger partial charge in [0.15, 0.2) is 0 Å². The maximum atomic E-state index is 5.58. The summed E-state index contributed by atoms with van der Waals surface area (Å²) < 4.78 is 5.58. The summed E-state index contributed by atoms with van der Waals surface area (Å²) in [5.41, 5.74) is 1.96. The molecule has 0 saturated heterocycles. The zero-order valence-corrected chi connectivity index (χ0v) is 14.5. The molecule has 0 unspecified atom stereocenters. The lowest BCUT2D eigenvalue weighted by Gasteiger charge is -2.01. The van der Waals surface area contributed by atoms with Gasteiger partial charge in [0.1, 0.15) is 16.9 Å². The minimum atomic E-state index is 0.902. The summed E-state index contributed by atoms with van der Waals surface area (Å²) >= 11 is 4.24. The smallest absolute Gasteiger partial charge is 0.136 e. The van der Waals surface area contributed by atoms with Crippen molar-refractivity contribution in [2.75, 3.05) is 0 Å². The Morgan fingerprint density at radius 3 is 2.68 bits per heavy atom. The summed E-state index contributed by atoms with van der Waals surface area (Å²) in [6, 6.07) is 14.3. The zero-order valence-electron chi connectivity index (χ0n) is 11.1. The number of benzene rings is 2. The summed E-state index contributed by atoms with van der Waals surface area (Å²) in [5, 5.41) is 10.5. The molecular weight excluding hydrogens is 352 g/mol. The third-order valence-corrected chi connectivity index (χ3v) is 6.71. The maximum absolute atomic E-state index is 5.58. The van der Waals surface area contributed by atoms with Crippen molar-refractivity contribution in [3.05, 3.63) is 48.7 Å². The van der Waals surface area contributed by atoms with Crippen LogP contribution in [0.25, 0.3) is 21.9 Å². The highest BCUT2D eigenvalue weighted by Crippen LogP contribution is 2.44. The van der Waals surface area contributed by atoms with Crippen LogP contribution in [-0.2, 0) is 0 Å². The Morgan fingerprint density at radius 2 is 1.77 bits per heavy atom. The second kappa shape index (κ2) is 6.16. The van der Waals surface area contributed by atoms with E-state index in [1.807, 2.05) is 30.5 Å². The van der Waals surface area contributed by atoms with Gasteiger partial charge in [-0.25, -0.2) is 0 Å². The van der Waals surface area contributed by atoms with Gasteiger partial charge in [-0.2, -0.15) is 5.10 Å². The second-order valence-electron chi connectivity index (χ2n) is 4.56. The van der Waals surface area contributed by atoms with Crippen LogP contribution < -0.4 is 0 Å². The van der Waals surface area contributed by atoms with E-state index in [1.165, 1.54) is 10.8 Å². The summed E-state index contributed by atoms with van der Waals surface area (Å²) in [7, 11) is 4.74. The first-order valence-electron chi connectivity index (χ1n) is 6.46. The first-order valence-corrected chi connectivity index (χ1v) is 10.5. The number of furan rings is 1. The normalized spacial score (nSPS) is 11.5. The Balaban J connectivity index is 1.65. The summed E-state index contributed by atoms with van der Waals surface area (Å²) in [6.07, 6.45) is 1.81. The van der Waals surface area contributed by atoms with Crippen LogP contribution in [0, 0.1) is 0 Å². The number of nitrogens with zero attached hydrogens (tertiary/aromatic N) is 1. The van der Waals surface area contributed by atoms with Gasteiger partial charge in [0.25, 0.3) is 0 Å². The highest BCUT2D eigenvalue weighted by Gasteiger charge is 2.11. The molecule has 0 amide bonds. The fourth-order valence-corrected chi connectivity index (χ4v) is 5.25. The number of hydrogen-bond acceptors (Lipinski definition) is 6. The van der Waals surface area contributed by atoms with E-state index in [1.54, 1.807) is 21.6 Å². The number of para-hydroxylation sites is 2. The summed E-state index contributed by atoms with van der Waals surface area (Å²) in [4.78, 5) is 2.27. The Morgan fingerprint density at radius 1 is 0.955 bits per heavy atom. The molecule has 4 aromatic rings. The number of H-pyrrole nitrogens is 1. The lowest BCUT2D eigenvalue weighted by molar-refractivity contribution is 0.608. The number of nitrogens with one attached hydrogen (secondary N) is 1. The third-order valence-electron chi connectivity index (χ3n) is 3.28. The van der Waals surface area contributed by atoms with E-state index >= 15 is 0 Å². The quantitative estimate of drug-likeness (QED) is 0.342. The van der Waals surface area contributed by atoms with Crippen LogP contribution in [0.15, 0.2) is 68.0 Å². The highest BCUT2D eigenvalue weighted by molar-refractivity contribution is 8.76. The van der Waals surface area contributed by atoms with E-state index in [0.29, 0.717) is 0 Å². The number of fused-ring (bicyclic) bond motifs is 2. The number of hydrogen-bond donors (Lipinski definition) is 2. The van der Waals surface area contributed by atoms with Crippen LogP contribution in [0.4, 0.5) is 0 Å². The molecule has 1 N–H and O–H groups in total. The van der Waals surface area contributed by atoms with Gasteiger partial charge in [-0.3, -0.25) is 5.10 Å². The third kappa shape index (κ3) is 2.52. The van der Waals surface area contributed by atoms with Crippen LogP contribution in [0.1, 0.15) is 0 Å². The van der Waals surface area contributed by atoms with Crippen LogP contribution in [0.3, 0.4) is 0 Å². The van der Waals surface area contributed by atoms with Gasteiger partial charge in [0.05, 0.1) is 10.4 Å². The highest BCUT2D eigenvalue weighted by atomic mass is 33.1. The lowest BCUT2D eigenvalue weighted by Crippen LogP contribution is -1.74. The molecule has 0 aliphatic rings. The lowest BCUT2D eigenvalue weighted by atomic mass is 10.3. The van der Waals surface area contributed by atoms with Crippen LogP contribution in [0.2, 0.25) is 0 Å². The number of aromatic nitrogens is 2. The first kappa shape index (κ1) is 14.4. The van der Waals surface area contributed by atoms with Crippen molar-refractivity contribution in [1.82, 2.24) is 10.2 Å². The number of rotatable bonds is 4. The van der Waals surface area contributed by atoms with Crippen molar-refractivity contribution in [2.45, 2.75) is 14.8 Å². The standard InChI is InChI=1S/C15H10N2OS4/c19-20-15-10-5-3-7-12(14(10)16-17-15)21-22-13-8-18-11-6-2-1-4-9(11)13/h1-8,19H,(H,16,17). The van der Waals surface area contributed by atoms with Crippen LogP contribution >= 0.6 is 44.0 Å². The first-order chi connectivity index (χ1) is 10.9. The van der Waals surface area contributed by atoms with E-state index in [2.05, 4.69) is 40.1 Å². The Bertz CT molecular complexity index is 947. The molecule has 2 aromatic carbocycles. The van der Waals surface area contributed by atoms with E-state index in [0.717, 1.165) is 36.7 Å². The molecule has 0 aliphatic heterocycles. The predicted molar refractivity (Wildman–Crippen MR) is 98.9 cm³/mol. The van der Waals surface area contributed by atoms with Crippen molar-refractivity contribution in [1.29, 1.82) is 0 Å². The Kier molecular flexibility index (Phi) is 4.04. The molecule has 7 heteroatoms. The molecule has 22 heavy (non-hydrogen) atoms. The van der Waals surface area contributed by atoms with E-state index in [9.17, 15) is 0 Å². The molecule has 0 saturated carbocycles. The molecule has 0 fully saturated rings. The summed E-state index contributed by atoms with van der Waals surface area (Å²) in [6.45, 7) is 0. The molecule has 0 bridgehead atoms. The SMILES string of the molecule is SSc1n[nH]c2c(SSc3coc4ccccc34)cccc12. The Hall–Kier alpha value is -1.15. The maximum Gasteiger partial charge on any atom is 0.136 e. The average molecular weight is 363 g/mol. The molecule has 0 spiro atoms. The predicted octanol–water partition coefficient (Wildman–Crippen LogP) is 6.05. The average Bonchev–Trinajstić information content (AvgIpc) is 3.17. The fraction of sp³-hybridized carbons (Fsp3) is 0. The van der Waals surface area contributed by atoms with Gasteiger partial charge in [0, 0.05) is 15.7 Å². The Labute approximate surface area is 143 Å². The summed E-state index contributed by atoms with van der Waals surface area (Å²) in [5.74, 6) is 0. The topological polar surface area (TPSA) is 41.8 Å². The molecule has 2 heterocycles. The number of thiol groups is 1. The van der Waals surface area contributed by atoms with Gasteiger partial charge in [-0.15, -0.1) is 11.7 Å². The zero-order chi connectivity index (χ0) is 14.9. The van der Waals surface area contributed by atoms with Crippen LogP contribution in [0.5, 0.6) is 0 Å². The monoisotopic (exact) mass is 362 g/mol. The van der Waals surface area contributed by atoms with Gasteiger partial charge in [0.2, 0.25) is 0 Å². The van der Waals surface area contributed by atoms with Crippen molar-refractivity contribution >= 4 is 65.9 Å². The number of aromatic amines is 1. The molecule has 2 aromatic heterocycles. The molecule has 0 aliphatic carbocycles. The molecule has 0 radical (unpaired) electrons. The van der Waals surface area contributed by atoms with Crippen LogP contribution in [-0.4, -0.2) is 10.2 Å². The minimum absolute atomic E-state index is 0.902. The van der Waals surface area contributed by atoms with E-state index in [4.69, 9.17) is 4.42 Å². The van der Waals surface area contributed by atoms with Gasteiger partial charge < -0.3 is 4.42 Å². The van der Waals surface area contributed by atoms with Gasteiger partial charge >= 0.3 is 0 Å². The van der Waals surface area contributed by atoms with Crippen molar-refractivity contribution < 1.29 is 4.42 Å².